The van der Waals surface area contributed by atoms with Gasteiger partial charge in [-0.25, -0.2) is 0 Å². The number of nitrogens with zero attached hydrogens (tertiary/aromatic N) is 1. The third-order valence-electron chi connectivity index (χ3n) is 4.40. The fraction of sp³-hybridized carbons (Fsp3) is 0.190. The Morgan fingerprint density at radius 2 is 1.66 bits per heavy atom. The Bertz CT molecular complexity index is 1010. The number of amides is 2. The van der Waals surface area contributed by atoms with Crippen molar-refractivity contribution in [1.29, 1.82) is 0 Å². The van der Waals surface area contributed by atoms with Gasteiger partial charge in [0.15, 0.2) is 5.11 Å². The molecule has 1 saturated heterocycles. The first-order valence-electron chi connectivity index (χ1n) is 8.67. The maximum atomic E-state index is 13.2. The van der Waals surface area contributed by atoms with Crippen molar-refractivity contribution in [2.45, 2.75) is 6.92 Å². The van der Waals surface area contributed by atoms with Crippen molar-refractivity contribution >= 4 is 40.9 Å². The molecule has 3 rings (SSSR count). The fourth-order valence-electron chi connectivity index (χ4n) is 2.98. The van der Waals surface area contributed by atoms with Gasteiger partial charge >= 0.3 is 0 Å². The van der Waals surface area contributed by atoms with Crippen LogP contribution in [-0.2, 0) is 9.59 Å². The molecule has 0 aliphatic carbocycles. The van der Waals surface area contributed by atoms with Crippen LogP contribution in [0.25, 0.3) is 6.08 Å². The van der Waals surface area contributed by atoms with Crippen molar-refractivity contribution in [3.8, 4) is 17.2 Å². The minimum Gasteiger partial charge on any atom is -0.496 e. The van der Waals surface area contributed by atoms with Gasteiger partial charge in [0.25, 0.3) is 11.8 Å². The second-order valence-corrected chi connectivity index (χ2v) is 6.63. The van der Waals surface area contributed by atoms with Gasteiger partial charge in [-0.15, -0.1) is 0 Å². The lowest BCUT2D eigenvalue weighted by Crippen LogP contribution is -2.54. The second-order valence-electron chi connectivity index (χ2n) is 6.24. The van der Waals surface area contributed by atoms with Gasteiger partial charge in [-0.1, -0.05) is 12.1 Å². The van der Waals surface area contributed by atoms with Crippen LogP contribution in [0.3, 0.4) is 0 Å². The van der Waals surface area contributed by atoms with Crippen LogP contribution in [-0.4, -0.2) is 38.3 Å². The molecule has 0 aromatic heterocycles. The topological polar surface area (TPSA) is 77.1 Å². The summed E-state index contributed by atoms with van der Waals surface area (Å²) in [5.41, 5.74) is 1.87. The molecule has 1 aliphatic rings. The van der Waals surface area contributed by atoms with E-state index in [4.69, 9.17) is 26.4 Å². The Kier molecular flexibility index (Phi) is 5.84. The highest BCUT2D eigenvalue weighted by atomic mass is 32.1. The Labute approximate surface area is 173 Å². The van der Waals surface area contributed by atoms with E-state index < -0.39 is 11.8 Å². The monoisotopic (exact) mass is 412 g/mol. The summed E-state index contributed by atoms with van der Waals surface area (Å²) in [6.07, 6.45) is 1.43. The van der Waals surface area contributed by atoms with E-state index in [0.717, 1.165) is 5.56 Å². The molecule has 0 spiro atoms. The molecule has 0 bridgehead atoms. The predicted octanol–water partition coefficient (Wildman–Crippen LogP) is 2.85. The molecule has 0 saturated carbocycles. The van der Waals surface area contributed by atoms with E-state index in [0.29, 0.717) is 28.5 Å². The molecule has 7 nitrogen and oxygen atoms in total. The fourth-order valence-corrected chi connectivity index (χ4v) is 3.26. The molecule has 2 aromatic rings. The van der Waals surface area contributed by atoms with Gasteiger partial charge in [-0.3, -0.25) is 19.8 Å². The maximum Gasteiger partial charge on any atom is 0.270 e. The smallest absolute Gasteiger partial charge is 0.270 e. The van der Waals surface area contributed by atoms with Crippen molar-refractivity contribution in [2.75, 3.05) is 26.2 Å². The number of carbonyl (C=O) groups is 2. The summed E-state index contributed by atoms with van der Waals surface area (Å²) in [5, 5.41) is 2.59. The van der Waals surface area contributed by atoms with Gasteiger partial charge in [-0.2, -0.15) is 0 Å². The Hall–Kier alpha value is -3.39. The number of rotatable bonds is 5. The highest BCUT2D eigenvalue weighted by molar-refractivity contribution is 7.80. The van der Waals surface area contributed by atoms with Crippen LogP contribution in [0.2, 0.25) is 0 Å². The van der Waals surface area contributed by atoms with E-state index in [-0.39, 0.29) is 10.7 Å². The minimum atomic E-state index is -0.594. The average Bonchev–Trinajstić information content (AvgIpc) is 2.70. The number of ether oxygens (including phenoxy) is 3. The van der Waals surface area contributed by atoms with Crippen LogP contribution in [0.4, 0.5) is 5.69 Å². The van der Waals surface area contributed by atoms with Crippen LogP contribution in [0.5, 0.6) is 17.2 Å². The van der Waals surface area contributed by atoms with E-state index in [1.807, 2.05) is 25.1 Å². The van der Waals surface area contributed by atoms with E-state index in [2.05, 4.69) is 5.32 Å². The van der Waals surface area contributed by atoms with Crippen LogP contribution in [0, 0.1) is 6.92 Å². The predicted molar refractivity (Wildman–Crippen MR) is 113 cm³/mol. The zero-order valence-corrected chi connectivity index (χ0v) is 17.3. The molecule has 2 aromatic carbocycles. The van der Waals surface area contributed by atoms with Crippen molar-refractivity contribution < 1.29 is 23.8 Å². The molecular formula is C21H20N2O5S. The number of anilines is 1. The molecule has 2 amide bonds. The summed E-state index contributed by atoms with van der Waals surface area (Å²) in [6, 6.07) is 10.6. The summed E-state index contributed by atoms with van der Waals surface area (Å²) < 4.78 is 16.0. The molecule has 0 atom stereocenters. The first-order valence-corrected chi connectivity index (χ1v) is 9.08. The number of aryl methyl sites for hydroxylation is 1. The minimum absolute atomic E-state index is 0.0245. The highest BCUT2D eigenvalue weighted by Gasteiger charge is 2.35. The number of carbonyl (C=O) groups excluding carboxylic acids is 2. The summed E-state index contributed by atoms with van der Waals surface area (Å²) in [6.45, 7) is 1.91. The van der Waals surface area contributed by atoms with Crippen molar-refractivity contribution in [3.05, 3.63) is 53.1 Å². The first-order chi connectivity index (χ1) is 13.9. The van der Waals surface area contributed by atoms with E-state index in [9.17, 15) is 9.59 Å². The zero-order chi connectivity index (χ0) is 21.1. The number of nitrogens with one attached hydrogen (secondary N) is 1. The van der Waals surface area contributed by atoms with Gasteiger partial charge in [0.1, 0.15) is 22.8 Å². The second kappa shape index (κ2) is 8.32. The van der Waals surface area contributed by atoms with Crippen molar-refractivity contribution in [3.63, 3.8) is 0 Å². The van der Waals surface area contributed by atoms with Gasteiger partial charge in [0.05, 0.1) is 32.6 Å². The number of methoxy groups -OCH3 is 3. The molecule has 1 fully saturated rings. The molecule has 1 N–H and O–H groups in total. The van der Waals surface area contributed by atoms with Gasteiger partial charge in [0.2, 0.25) is 0 Å². The first kappa shape index (κ1) is 20.3. The van der Waals surface area contributed by atoms with E-state index >= 15 is 0 Å². The number of thiocarbonyl (C=S) groups is 1. The van der Waals surface area contributed by atoms with Gasteiger partial charge < -0.3 is 14.2 Å². The standard InChI is InChI=1S/C21H20N2O5S/c1-12-6-5-7-13(8-12)23-20(25)16(19(24)22-21(23)29)11-15-17(27-3)9-14(26-2)10-18(15)28-4/h5-11H,1-4H3,(H,22,24,29). The number of benzene rings is 2. The molecule has 1 heterocycles. The lowest BCUT2D eigenvalue weighted by atomic mass is 10.0. The lowest BCUT2D eigenvalue weighted by molar-refractivity contribution is -0.122. The Morgan fingerprint density at radius 3 is 2.21 bits per heavy atom. The van der Waals surface area contributed by atoms with Crippen LogP contribution < -0.4 is 24.4 Å². The molecule has 0 radical (unpaired) electrons. The SMILES string of the molecule is COc1cc(OC)c(C=C2C(=O)NC(=S)N(c3cccc(C)c3)C2=O)c(OC)c1. The number of hydrogen-bond acceptors (Lipinski definition) is 6. The average molecular weight is 412 g/mol. The van der Waals surface area contributed by atoms with Crippen molar-refractivity contribution in [2.24, 2.45) is 0 Å². The van der Waals surface area contributed by atoms with E-state index in [1.165, 1.54) is 32.3 Å². The third kappa shape index (κ3) is 3.93. The summed E-state index contributed by atoms with van der Waals surface area (Å²) >= 11 is 5.23. The van der Waals surface area contributed by atoms with Gasteiger partial charge in [-0.05, 0) is 42.9 Å². The quantitative estimate of drug-likeness (QED) is 0.462. The van der Waals surface area contributed by atoms with Crippen LogP contribution in [0.15, 0.2) is 42.0 Å². The zero-order valence-electron chi connectivity index (χ0n) is 16.4. The van der Waals surface area contributed by atoms with Crippen LogP contribution >= 0.6 is 12.2 Å². The maximum absolute atomic E-state index is 13.2. The van der Waals surface area contributed by atoms with E-state index in [1.54, 1.807) is 18.2 Å². The summed E-state index contributed by atoms with van der Waals surface area (Å²) in [7, 11) is 4.48. The summed E-state index contributed by atoms with van der Waals surface area (Å²) in [5.74, 6) is 0.171. The van der Waals surface area contributed by atoms with Crippen LogP contribution in [0.1, 0.15) is 11.1 Å². The molecule has 1 aliphatic heterocycles. The van der Waals surface area contributed by atoms with Crippen molar-refractivity contribution in [1.82, 2.24) is 5.32 Å². The lowest BCUT2D eigenvalue weighted by Gasteiger charge is -2.29. The molecule has 29 heavy (non-hydrogen) atoms. The normalized spacial score (nSPS) is 15.4. The summed E-state index contributed by atoms with van der Waals surface area (Å²) in [4.78, 5) is 27.0. The molecule has 150 valence electrons. The molecule has 8 heteroatoms. The highest BCUT2D eigenvalue weighted by Crippen LogP contribution is 2.36. The Morgan fingerprint density at radius 1 is 1.00 bits per heavy atom. The number of hydrogen-bond donors (Lipinski definition) is 1. The largest absolute Gasteiger partial charge is 0.496 e. The molecular weight excluding hydrogens is 392 g/mol. The van der Waals surface area contributed by atoms with Gasteiger partial charge in [0, 0.05) is 12.1 Å². The Balaban J connectivity index is 2.12. The third-order valence-corrected chi connectivity index (χ3v) is 4.69. The molecule has 0 unspecified atom stereocenters.